The van der Waals surface area contributed by atoms with Crippen LogP contribution in [0.4, 0.5) is 0 Å². The molecule has 4 atom stereocenters. The van der Waals surface area contributed by atoms with Crippen molar-refractivity contribution in [2.24, 2.45) is 0 Å². The highest BCUT2D eigenvalue weighted by Crippen LogP contribution is 2.34. The normalized spacial score (nSPS) is 46.9. The maximum absolute atomic E-state index is 9.92. The van der Waals surface area contributed by atoms with Crippen molar-refractivity contribution in [1.82, 2.24) is 0 Å². The summed E-state index contributed by atoms with van der Waals surface area (Å²) in [7, 11) is 0. The van der Waals surface area contributed by atoms with Crippen molar-refractivity contribution in [2.45, 2.75) is 24.1 Å². The lowest BCUT2D eigenvalue weighted by molar-refractivity contribution is -0.246. The van der Waals surface area contributed by atoms with Crippen molar-refractivity contribution < 1.29 is 29.5 Å². The fourth-order valence-electron chi connectivity index (χ4n) is 1.82. The average Bonchev–Trinajstić information content (AvgIpc) is 2.68. The molecule has 2 fully saturated rings. The predicted molar refractivity (Wildman–Crippen MR) is 43.5 cm³/mol. The Morgan fingerprint density at radius 2 is 2.21 bits per heavy atom. The Hall–Kier alpha value is -0.240. The topological polar surface area (TPSA) is 88.4 Å². The SMILES string of the molecule is OCCO[C@@]1(O)CO[C@@H]2[C@H](O)CO[C@@H]21. The van der Waals surface area contributed by atoms with Crippen molar-refractivity contribution in [1.29, 1.82) is 0 Å². The molecule has 2 heterocycles. The number of rotatable bonds is 3. The highest BCUT2D eigenvalue weighted by Gasteiger charge is 2.56. The Bertz CT molecular complexity index is 210. The van der Waals surface area contributed by atoms with Crippen LogP contribution in [0.15, 0.2) is 0 Å². The van der Waals surface area contributed by atoms with Crippen LogP contribution in [0.3, 0.4) is 0 Å². The minimum Gasteiger partial charge on any atom is -0.394 e. The van der Waals surface area contributed by atoms with Gasteiger partial charge in [-0.25, -0.2) is 0 Å². The number of aliphatic hydroxyl groups is 3. The largest absolute Gasteiger partial charge is 0.394 e. The van der Waals surface area contributed by atoms with Gasteiger partial charge in [0.25, 0.3) is 0 Å². The van der Waals surface area contributed by atoms with Crippen LogP contribution in [0.5, 0.6) is 0 Å². The molecule has 0 aromatic heterocycles. The first-order valence-electron chi connectivity index (χ1n) is 4.56. The molecular weight excluding hydrogens is 192 g/mol. The first kappa shape index (κ1) is 10.3. The lowest BCUT2D eigenvalue weighted by Crippen LogP contribution is -2.46. The second kappa shape index (κ2) is 3.73. The highest BCUT2D eigenvalue weighted by atomic mass is 16.7. The van der Waals surface area contributed by atoms with E-state index < -0.39 is 24.1 Å². The molecule has 2 saturated heterocycles. The molecule has 82 valence electrons. The van der Waals surface area contributed by atoms with Gasteiger partial charge in [0.2, 0.25) is 5.79 Å². The molecule has 0 radical (unpaired) electrons. The summed E-state index contributed by atoms with van der Waals surface area (Å²) in [5, 5.41) is 27.9. The zero-order valence-electron chi connectivity index (χ0n) is 7.63. The molecule has 0 unspecified atom stereocenters. The molecule has 14 heavy (non-hydrogen) atoms. The van der Waals surface area contributed by atoms with Gasteiger partial charge in [-0.2, -0.15) is 0 Å². The summed E-state index contributed by atoms with van der Waals surface area (Å²) < 4.78 is 15.4. The second-order valence-corrected chi connectivity index (χ2v) is 3.51. The summed E-state index contributed by atoms with van der Waals surface area (Å²) in [6, 6.07) is 0. The lowest BCUT2D eigenvalue weighted by atomic mass is 10.1. The molecule has 0 spiro atoms. The Morgan fingerprint density at radius 3 is 2.93 bits per heavy atom. The van der Waals surface area contributed by atoms with Gasteiger partial charge in [-0.3, -0.25) is 0 Å². The summed E-state index contributed by atoms with van der Waals surface area (Å²) in [5.41, 5.74) is 0. The van der Waals surface area contributed by atoms with Gasteiger partial charge >= 0.3 is 0 Å². The van der Waals surface area contributed by atoms with E-state index in [0.29, 0.717) is 0 Å². The number of aliphatic hydroxyl groups excluding tert-OH is 2. The molecule has 0 aliphatic carbocycles. The van der Waals surface area contributed by atoms with Crippen LogP contribution in [0.2, 0.25) is 0 Å². The van der Waals surface area contributed by atoms with Gasteiger partial charge in [-0.05, 0) is 0 Å². The number of hydrogen-bond acceptors (Lipinski definition) is 6. The Kier molecular flexibility index (Phi) is 2.74. The molecule has 2 rings (SSSR count). The molecule has 0 aromatic carbocycles. The monoisotopic (exact) mass is 206 g/mol. The van der Waals surface area contributed by atoms with Gasteiger partial charge in [0.15, 0.2) is 0 Å². The van der Waals surface area contributed by atoms with Crippen molar-refractivity contribution in [3.8, 4) is 0 Å². The van der Waals surface area contributed by atoms with Crippen LogP contribution in [-0.2, 0) is 14.2 Å². The Morgan fingerprint density at radius 1 is 1.43 bits per heavy atom. The maximum Gasteiger partial charge on any atom is 0.219 e. The van der Waals surface area contributed by atoms with Gasteiger partial charge in [0.1, 0.15) is 24.9 Å². The van der Waals surface area contributed by atoms with Gasteiger partial charge in [-0.15, -0.1) is 0 Å². The van der Waals surface area contributed by atoms with Crippen LogP contribution in [0.25, 0.3) is 0 Å². The number of fused-ring (bicyclic) bond motifs is 1. The summed E-state index contributed by atoms with van der Waals surface area (Å²) in [6.07, 6.45) is -1.91. The summed E-state index contributed by atoms with van der Waals surface area (Å²) in [5.74, 6) is -1.54. The van der Waals surface area contributed by atoms with E-state index in [-0.39, 0.29) is 26.4 Å². The standard InChI is InChI=1S/C8H14O6/c9-1-2-14-8(11)4-13-6-5(10)3-12-7(6)8/h5-7,9-11H,1-4H2/t5-,6-,7+,8+/m1/s1. The van der Waals surface area contributed by atoms with Gasteiger partial charge in [0.05, 0.1) is 19.8 Å². The van der Waals surface area contributed by atoms with E-state index in [9.17, 15) is 10.2 Å². The minimum atomic E-state index is -1.54. The smallest absolute Gasteiger partial charge is 0.219 e. The van der Waals surface area contributed by atoms with Crippen LogP contribution in [0, 0.1) is 0 Å². The van der Waals surface area contributed by atoms with Crippen LogP contribution in [0.1, 0.15) is 0 Å². The molecule has 2 aliphatic heterocycles. The third kappa shape index (κ3) is 1.54. The summed E-state index contributed by atoms with van der Waals surface area (Å²) in [4.78, 5) is 0. The second-order valence-electron chi connectivity index (χ2n) is 3.51. The Labute approximate surface area is 81.0 Å². The number of ether oxygens (including phenoxy) is 3. The molecule has 2 aliphatic rings. The fraction of sp³-hybridized carbons (Fsp3) is 1.00. The molecule has 0 amide bonds. The van der Waals surface area contributed by atoms with Crippen molar-refractivity contribution >= 4 is 0 Å². The molecule has 3 N–H and O–H groups in total. The Balaban J connectivity index is 2.01. The van der Waals surface area contributed by atoms with Gasteiger partial charge in [0, 0.05) is 0 Å². The van der Waals surface area contributed by atoms with E-state index in [0.717, 1.165) is 0 Å². The van der Waals surface area contributed by atoms with Crippen molar-refractivity contribution in [3.63, 3.8) is 0 Å². The predicted octanol–water partition coefficient (Wildman–Crippen LogP) is -2.16. The molecule has 0 bridgehead atoms. The van der Waals surface area contributed by atoms with E-state index in [2.05, 4.69) is 0 Å². The summed E-state index contributed by atoms with van der Waals surface area (Å²) in [6.45, 7) is -0.0652. The average molecular weight is 206 g/mol. The summed E-state index contributed by atoms with van der Waals surface area (Å²) >= 11 is 0. The fourth-order valence-corrected chi connectivity index (χ4v) is 1.82. The highest BCUT2D eigenvalue weighted by molar-refractivity contribution is 4.99. The quantitative estimate of drug-likeness (QED) is 0.456. The zero-order chi connectivity index (χ0) is 10.2. The third-order valence-electron chi connectivity index (χ3n) is 2.49. The van der Waals surface area contributed by atoms with E-state index in [4.69, 9.17) is 19.3 Å². The zero-order valence-corrected chi connectivity index (χ0v) is 7.63. The van der Waals surface area contributed by atoms with Crippen LogP contribution >= 0.6 is 0 Å². The molecule has 6 nitrogen and oxygen atoms in total. The number of hydrogen-bond donors (Lipinski definition) is 3. The van der Waals surface area contributed by atoms with E-state index in [1.54, 1.807) is 0 Å². The van der Waals surface area contributed by atoms with Crippen molar-refractivity contribution in [3.05, 3.63) is 0 Å². The van der Waals surface area contributed by atoms with E-state index >= 15 is 0 Å². The third-order valence-corrected chi connectivity index (χ3v) is 2.49. The molecule has 0 saturated carbocycles. The van der Waals surface area contributed by atoms with Gasteiger partial charge in [-0.1, -0.05) is 0 Å². The maximum atomic E-state index is 9.92. The molecule has 6 heteroatoms. The first-order chi connectivity index (χ1) is 6.67. The van der Waals surface area contributed by atoms with Crippen molar-refractivity contribution in [2.75, 3.05) is 26.4 Å². The lowest BCUT2D eigenvalue weighted by Gasteiger charge is -2.26. The molecule has 0 aromatic rings. The van der Waals surface area contributed by atoms with Crippen LogP contribution < -0.4 is 0 Å². The molecular formula is C8H14O6. The first-order valence-corrected chi connectivity index (χ1v) is 4.56. The minimum absolute atomic E-state index is 0.0164. The van der Waals surface area contributed by atoms with Crippen LogP contribution in [-0.4, -0.2) is 65.8 Å². The van der Waals surface area contributed by atoms with E-state index in [1.807, 2.05) is 0 Å². The van der Waals surface area contributed by atoms with Gasteiger partial charge < -0.3 is 29.5 Å². The van der Waals surface area contributed by atoms with E-state index in [1.165, 1.54) is 0 Å².